The van der Waals surface area contributed by atoms with Gasteiger partial charge in [0.15, 0.2) is 0 Å². The van der Waals surface area contributed by atoms with E-state index in [0.717, 1.165) is 58.4 Å². The predicted molar refractivity (Wildman–Crippen MR) is 140 cm³/mol. The van der Waals surface area contributed by atoms with Gasteiger partial charge in [0.05, 0.1) is 21.6 Å². The molecular formula is C28H27N3OS. The van der Waals surface area contributed by atoms with Crippen molar-refractivity contribution in [2.24, 2.45) is 5.16 Å². The third-order valence-electron chi connectivity index (χ3n) is 6.63. The highest BCUT2D eigenvalue weighted by Gasteiger charge is 2.44. The van der Waals surface area contributed by atoms with Gasteiger partial charge in [0.1, 0.15) is 6.61 Å². The molecule has 5 heteroatoms. The summed E-state index contributed by atoms with van der Waals surface area (Å²) in [6.07, 6.45) is 5.86. The summed E-state index contributed by atoms with van der Waals surface area (Å²) in [5.74, 6) is 0. The van der Waals surface area contributed by atoms with Crippen LogP contribution in [0.25, 0.3) is 21.7 Å². The lowest BCUT2D eigenvalue weighted by atomic mass is 9.68. The molecule has 1 aromatic heterocycles. The summed E-state index contributed by atoms with van der Waals surface area (Å²) in [6, 6.07) is 25.1. The normalized spacial score (nSPS) is 19.6. The van der Waals surface area contributed by atoms with Gasteiger partial charge in [-0.15, -0.1) is 0 Å². The highest BCUT2D eigenvalue weighted by molar-refractivity contribution is 7.80. The van der Waals surface area contributed by atoms with E-state index in [1.165, 1.54) is 10.8 Å². The van der Waals surface area contributed by atoms with Crippen molar-refractivity contribution < 1.29 is 4.84 Å². The smallest absolute Gasteiger partial charge is 0.142 e. The molecule has 0 saturated heterocycles. The number of fused-ring (bicyclic) bond motifs is 2. The average molecular weight is 454 g/mol. The lowest BCUT2D eigenvalue weighted by Crippen LogP contribution is -2.50. The number of likely N-dealkylation sites (N-methyl/N-ethyl adjacent to an activating group) is 1. The second kappa shape index (κ2) is 9.28. The zero-order valence-electron chi connectivity index (χ0n) is 18.8. The van der Waals surface area contributed by atoms with Crippen LogP contribution in [0.3, 0.4) is 0 Å². The van der Waals surface area contributed by atoms with Gasteiger partial charge in [-0.05, 0) is 59.4 Å². The van der Waals surface area contributed by atoms with Crippen LogP contribution in [0.2, 0.25) is 0 Å². The fraction of sp³-hybridized carbons (Fsp3) is 0.250. The summed E-state index contributed by atoms with van der Waals surface area (Å²) in [7, 11) is 1.89. The van der Waals surface area contributed by atoms with E-state index in [2.05, 4.69) is 59.9 Å². The van der Waals surface area contributed by atoms with Gasteiger partial charge in [0, 0.05) is 18.6 Å². The Labute approximate surface area is 199 Å². The summed E-state index contributed by atoms with van der Waals surface area (Å²) in [4.78, 5) is 11.4. The standard InChI is InChI=1S/C28H27N3OS/c1-29-27(33)28(24-17-23-10-4-5-11-25(23)30-18-24)15-7-6-12-26(28)31-32-19-20-13-14-21-8-2-3-9-22(21)16-20/h2-5,8-11,13-14,16-18H,6-7,12,15,19H2,1H3,(H,29,33). The Balaban J connectivity index is 1.48. The maximum absolute atomic E-state index is 5.95. The molecule has 166 valence electrons. The number of para-hydroxylation sites is 1. The zero-order valence-corrected chi connectivity index (χ0v) is 19.6. The number of hydrogen-bond acceptors (Lipinski definition) is 4. The molecule has 5 rings (SSSR count). The van der Waals surface area contributed by atoms with E-state index in [1.807, 2.05) is 31.4 Å². The molecule has 1 unspecified atom stereocenters. The van der Waals surface area contributed by atoms with E-state index in [1.54, 1.807) is 0 Å². The van der Waals surface area contributed by atoms with Crippen molar-refractivity contribution in [1.82, 2.24) is 10.3 Å². The number of pyridine rings is 1. The molecule has 1 heterocycles. The lowest BCUT2D eigenvalue weighted by molar-refractivity contribution is 0.127. The second-order valence-corrected chi connectivity index (χ2v) is 9.01. The first-order valence-corrected chi connectivity index (χ1v) is 11.9. The van der Waals surface area contributed by atoms with Gasteiger partial charge in [-0.3, -0.25) is 4.98 Å². The Morgan fingerprint density at radius 1 is 1.00 bits per heavy atom. The van der Waals surface area contributed by atoms with Gasteiger partial charge in [-0.1, -0.05) is 78.4 Å². The third kappa shape index (κ3) is 4.09. The number of rotatable bonds is 5. The molecule has 1 fully saturated rings. The first kappa shape index (κ1) is 21.5. The van der Waals surface area contributed by atoms with Crippen LogP contribution in [0.4, 0.5) is 0 Å². The molecule has 1 aliphatic rings. The molecule has 1 aliphatic carbocycles. The van der Waals surface area contributed by atoms with Crippen LogP contribution in [0.15, 0.2) is 84.1 Å². The summed E-state index contributed by atoms with van der Waals surface area (Å²) in [6.45, 7) is 0.423. The van der Waals surface area contributed by atoms with Crippen LogP contribution in [0.5, 0.6) is 0 Å². The quantitative estimate of drug-likeness (QED) is 0.284. The van der Waals surface area contributed by atoms with Crippen molar-refractivity contribution in [2.75, 3.05) is 7.05 Å². The fourth-order valence-electron chi connectivity index (χ4n) is 4.88. The van der Waals surface area contributed by atoms with Crippen molar-refractivity contribution in [3.8, 4) is 0 Å². The number of nitrogens with one attached hydrogen (secondary N) is 1. The number of benzene rings is 3. The minimum absolute atomic E-state index is 0.423. The zero-order chi connectivity index (χ0) is 22.7. The highest BCUT2D eigenvalue weighted by Crippen LogP contribution is 2.39. The molecule has 1 atom stereocenters. The predicted octanol–water partition coefficient (Wildman–Crippen LogP) is 6.32. The Bertz CT molecular complexity index is 1350. The monoisotopic (exact) mass is 453 g/mol. The molecule has 0 spiro atoms. The summed E-state index contributed by atoms with van der Waals surface area (Å²) in [5.41, 5.74) is 3.64. The van der Waals surface area contributed by atoms with Crippen LogP contribution in [0, 0.1) is 0 Å². The van der Waals surface area contributed by atoms with Crippen LogP contribution >= 0.6 is 12.2 Å². The number of nitrogens with zero attached hydrogens (tertiary/aromatic N) is 2. The van der Waals surface area contributed by atoms with E-state index in [-0.39, 0.29) is 0 Å². The summed E-state index contributed by atoms with van der Waals surface area (Å²) >= 11 is 5.89. The Hall–Kier alpha value is -3.31. The van der Waals surface area contributed by atoms with Crippen LogP contribution in [-0.4, -0.2) is 22.7 Å². The average Bonchev–Trinajstić information content (AvgIpc) is 2.88. The summed E-state index contributed by atoms with van der Waals surface area (Å²) in [5, 5.41) is 11.5. The van der Waals surface area contributed by atoms with E-state index < -0.39 is 5.41 Å². The lowest BCUT2D eigenvalue weighted by Gasteiger charge is -2.38. The Kier molecular flexibility index (Phi) is 6.05. The van der Waals surface area contributed by atoms with Gasteiger partial charge in [0.25, 0.3) is 0 Å². The SMILES string of the molecule is CNC(=S)C1(c2cnc3ccccc3c2)CCCCC1=NOCc1ccc2ccccc2c1. The van der Waals surface area contributed by atoms with Crippen molar-refractivity contribution in [3.05, 3.63) is 90.1 Å². The van der Waals surface area contributed by atoms with Crippen molar-refractivity contribution >= 4 is 44.6 Å². The van der Waals surface area contributed by atoms with Gasteiger partial charge in [0.2, 0.25) is 0 Å². The van der Waals surface area contributed by atoms with E-state index in [4.69, 9.17) is 27.2 Å². The molecule has 1 N–H and O–H groups in total. The van der Waals surface area contributed by atoms with Crippen molar-refractivity contribution in [1.29, 1.82) is 0 Å². The van der Waals surface area contributed by atoms with E-state index in [0.29, 0.717) is 6.61 Å². The molecular weight excluding hydrogens is 426 g/mol. The molecule has 4 aromatic rings. The van der Waals surface area contributed by atoms with E-state index >= 15 is 0 Å². The van der Waals surface area contributed by atoms with E-state index in [9.17, 15) is 0 Å². The molecule has 33 heavy (non-hydrogen) atoms. The number of aromatic nitrogens is 1. The summed E-state index contributed by atoms with van der Waals surface area (Å²) < 4.78 is 0. The first-order valence-electron chi connectivity index (χ1n) is 11.5. The molecule has 0 radical (unpaired) electrons. The van der Waals surface area contributed by atoms with Crippen molar-refractivity contribution in [2.45, 2.75) is 37.7 Å². The molecule has 0 aliphatic heterocycles. The maximum atomic E-state index is 5.95. The Morgan fingerprint density at radius 2 is 1.79 bits per heavy atom. The largest absolute Gasteiger partial charge is 0.391 e. The minimum atomic E-state index is -0.497. The van der Waals surface area contributed by atoms with Crippen molar-refractivity contribution in [3.63, 3.8) is 0 Å². The first-order chi connectivity index (χ1) is 16.2. The number of oxime groups is 1. The maximum Gasteiger partial charge on any atom is 0.142 e. The second-order valence-electron chi connectivity index (χ2n) is 8.60. The van der Waals surface area contributed by atoms with Crippen LogP contribution in [-0.2, 0) is 16.9 Å². The molecule has 0 amide bonds. The molecule has 3 aromatic carbocycles. The fourth-order valence-corrected chi connectivity index (χ4v) is 5.22. The number of hydrogen-bond donors (Lipinski definition) is 1. The topological polar surface area (TPSA) is 46.5 Å². The number of thiocarbonyl (C=S) groups is 1. The molecule has 1 saturated carbocycles. The van der Waals surface area contributed by atoms with Gasteiger partial charge >= 0.3 is 0 Å². The van der Waals surface area contributed by atoms with Gasteiger partial charge in [-0.25, -0.2) is 0 Å². The minimum Gasteiger partial charge on any atom is -0.391 e. The Morgan fingerprint density at radius 3 is 2.64 bits per heavy atom. The van der Waals surface area contributed by atoms with Crippen LogP contribution in [0.1, 0.15) is 36.8 Å². The van der Waals surface area contributed by atoms with Gasteiger partial charge < -0.3 is 10.2 Å². The molecule has 4 nitrogen and oxygen atoms in total. The highest BCUT2D eigenvalue weighted by atomic mass is 32.1. The third-order valence-corrected chi connectivity index (χ3v) is 7.18. The molecule has 0 bridgehead atoms. The van der Waals surface area contributed by atoms with Crippen LogP contribution < -0.4 is 5.32 Å². The van der Waals surface area contributed by atoms with Gasteiger partial charge in [-0.2, -0.15) is 0 Å².